The average molecular weight is 250 g/mol. The van der Waals surface area contributed by atoms with Gasteiger partial charge in [-0.3, -0.25) is 0 Å². The van der Waals surface area contributed by atoms with Crippen LogP contribution in [0.3, 0.4) is 0 Å². The molecule has 1 aromatic heterocycles. The number of rotatable bonds is 2. The molecule has 2 heterocycles. The van der Waals surface area contributed by atoms with Crippen molar-refractivity contribution in [2.24, 2.45) is 5.10 Å². The van der Waals surface area contributed by atoms with Crippen LogP contribution >= 0.6 is 11.8 Å². The molecule has 1 fully saturated rings. The maximum absolute atomic E-state index is 4.79. The summed E-state index contributed by atoms with van der Waals surface area (Å²) in [7, 11) is 0. The van der Waals surface area contributed by atoms with Gasteiger partial charge in [0, 0.05) is 6.42 Å². The Morgan fingerprint density at radius 1 is 1.29 bits per heavy atom. The molecule has 5 heteroatoms. The normalized spacial score (nSPS) is 23.6. The van der Waals surface area contributed by atoms with Crippen LogP contribution in [0.25, 0.3) is 0 Å². The summed E-state index contributed by atoms with van der Waals surface area (Å²) in [6.45, 7) is 2.17. The van der Waals surface area contributed by atoms with Crippen LogP contribution in [0.4, 0.5) is 0 Å². The molecule has 1 aromatic rings. The molecule has 4 nitrogen and oxygen atoms in total. The molecule has 0 bridgehead atoms. The summed E-state index contributed by atoms with van der Waals surface area (Å²) in [6, 6.07) is 0. The van der Waals surface area contributed by atoms with Gasteiger partial charge < -0.3 is 0 Å². The molecule has 0 spiro atoms. The molecule has 1 saturated carbocycles. The van der Waals surface area contributed by atoms with Gasteiger partial charge in [-0.25, -0.2) is 0 Å². The van der Waals surface area contributed by atoms with Crippen molar-refractivity contribution in [3.05, 3.63) is 5.82 Å². The van der Waals surface area contributed by atoms with Gasteiger partial charge in [0.2, 0.25) is 5.16 Å². The fourth-order valence-corrected chi connectivity index (χ4v) is 3.66. The summed E-state index contributed by atoms with van der Waals surface area (Å²) in [4.78, 5) is 0. The van der Waals surface area contributed by atoms with Gasteiger partial charge in [-0.15, -0.1) is 10.2 Å². The van der Waals surface area contributed by atoms with E-state index in [0.717, 1.165) is 30.2 Å². The summed E-state index contributed by atoms with van der Waals surface area (Å²) in [5.41, 5.74) is 1.36. The molecule has 0 amide bonds. The van der Waals surface area contributed by atoms with Crippen LogP contribution in [0.15, 0.2) is 10.3 Å². The van der Waals surface area contributed by atoms with Gasteiger partial charge in [-0.05, 0) is 25.7 Å². The first-order chi connectivity index (χ1) is 8.38. The zero-order chi connectivity index (χ0) is 11.7. The largest absolute Gasteiger partial charge is 0.212 e. The van der Waals surface area contributed by atoms with Crippen molar-refractivity contribution in [3.63, 3.8) is 0 Å². The first-order valence-corrected chi connectivity index (χ1v) is 7.45. The molecular formula is C12H18N4S. The van der Waals surface area contributed by atoms with Crippen molar-refractivity contribution in [2.45, 2.75) is 62.3 Å². The van der Waals surface area contributed by atoms with Crippen LogP contribution in [0, 0.1) is 0 Å². The van der Waals surface area contributed by atoms with E-state index in [1.807, 2.05) is 16.4 Å². The number of hydrogen-bond acceptors (Lipinski definition) is 4. The third-order valence-electron chi connectivity index (χ3n) is 3.40. The molecule has 2 aliphatic rings. The third-order valence-corrected chi connectivity index (χ3v) is 4.65. The van der Waals surface area contributed by atoms with Gasteiger partial charge in [0.05, 0.1) is 11.0 Å². The Bertz CT molecular complexity index is 438. The Labute approximate surface area is 106 Å². The molecule has 0 N–H and O–H groups in total. The van der Waals surface area contributed by atoms with E-state index in [2.05, 4.69) is 17.1 Å². The highest BCUT2D eigenvalue weighted by atomic mass is 32.2. The van der Waals surface area contributed by atoms with Gasteiger partial charge in [-0.2, -0.15) is 9.78 Å². The fraction of sp³-hybridized carbons (Fsp3) is 0.750. The number of hydrogen-bond donors (Lipinski definition) is 0. The van der Waals surface area contributed by atoms with E-state index in [9.17, 15) is 0 Å². The predicted octanol–water partition coefficient (Wildman–Crippen LogP) is 2.87. The zero-order valence-corrected chi connectivity index (χ0v) is 11.0. The molecule has 92 valence electrons. The summed E-state index contributed by atoms with van der Waals surface area (Å²) >= 11 is 1.86. The van der Waals surface area contributed by atoms with E-state index in [1.165, 1.54) is 31.4 Å². The number of aromatic nitrogens is 3. The molecule has 0 radical (unpaired) electrons. The topological polar surface area (TPSA) is 43.1 Å². The van der Waals surface area contributed by atoms with Gasteiger partial charge in [-0.1, -0.05) is 31.5 Å². The minimum atomic E-state index is 0.559. The molecule has 1 aliphatic carbocycles. The van der Waals surface area contributed by atoms with Crippen molar-refractivity contribution in [3.8, 4) is 0 Å². The Hall–Kier alpha value is -0.840. The SMILES string of the molecule is CCCc1nnc2n1N=C1CCCCCC1S2. The lowest BCUT2D eigenvalue weighted by molar-refractivity contribution is 0.678. The number of nitrogens with zero attached hydrogens (tertiary/aromatic N) is 4. The molecular weight excluding hydrogens is 232 g/mol. The quantitative estimate of drug-likeness (QED) is 0.810. The van der Waals surface area contributed by atoms with Crippen LogP contribution in [-0.4, -0.2) is 25.8 Å². The molecule has 1 aliphatic heterocycles. The lowest BCUT2D eigenvalue weighted by Gasteiger charge is -2.20. The summed E-state index contributed by atoms with van der Waals surface area (Å²) in [6.07, 6.45) is 8.42. The van der Waals surface area contributed by atoms with Crippen LogP contribution in [0.2, 0.25) is 0 Å². The lowest BCUT2D eigenvalue weighted by Crippen LogP contribution is -2.22. The van der Waals surface area contributed by atoms with Crippen molar-refractivity contribution >= 4 is 17.5 Å². The predicted molar refractivity (Wildman–Crippen MR) is 69.6 cm³/mol. The Kier molecular flexibility index (Phi) is 3.18. The van der Waals surface area contributed by atoms with Crippen molar-refractivity contribution in [1.29, 1.82) is 0 Å². The number of aryl methyl sites for hydroxylation is 1. The highest BCUT2D eigenvalue weighted by Crippen LogP contribution is 2.34. The first-order valence-electron chi connectivity index (χ1n) is 6.57. The van der Waals surface area contributed by atoms with Crippen molar-refractivity contribution < 1.29 is 0 Å². The average Bonchev–Trinajstić information content (AvgIpc) is 2.59. The second kappa shape index (κ2) is 4.80. The molecule has 0 aromatic carbocycles. The van der Waals surface area contributed by atoms with E-state index in [0.29, 0.717) is 5.25 Å². The second-order valence-electron chi connectivity index (χ2n) is 4.76. The lowest BCUT2D eigenvalue weighted by atomic mass is 10.2. The minimum Gasteiger partial charge on any atom is -0.191 e. The van der Waals surface area contributed by atoms with E-state index in [-0.39, 0.29) is 0 Å². The molecule has 1 unspecified atom stereocenters. The van der Waals surface area contributed by atoms with E-state index in [1.54, 1.807) is 0 Å². The van der Waals surface area contributed by atoms with Gasteiger partial charge in [0.1, 0.15) is 0 Å². The third kappa shape index (κ3) is 2.12. The Morgan fingerprint density at radius 3 is 3.12 bits per heavy atom. The molecule has 0 saturated heterocycles. The Balaban J connectivity index is 1.93. The maximum atomic E-state index is 4.79. The first kappa shape index (κ1) is 11.3. The highest BCUT2D eigenvalue weighted by Gasteiger charge is 2.28. The number of thioether (sulfide) groups is 1. The molecule has 17 heavy (non-hydrogen) atoms. The second-order valence-corrected chi connectivity index (χ2v) is 5.93. The van der Waals surface area contributed by atoms with E-state index >= 15 is 0 Å². The van der Waals surface area contributed by atoms with E-state index < -0.39 is 0 Å². The van der Waals surface area contributed by atoms with Crippen LogP contribution in [-0.2, 0) is 6.42 Å². The van der Waals surface area contributed by atoms with Crippen LogP contribution in [0.5, 0.6) is 0 Å². The van der Waals surface area contributed by atoms with Crippen molar-refractivity contribution in [1.82, 2.24) is 14.9 Å². The van der Waals surface area contributed by atoms with Crippen LogP contribution in [0.1, 0.15) is 51.3 Å². The molecule has 3 rings (SSSR count). The smallest absolute Gasteiger partial charge is 0.191 e. The fourth-order valence-electron chi connectivity index (χ4n) is 2.49. The van der Waals surface area contributed by atoms with Crippen LogP contribution < -0.4 is 0 Å². The van der Waals surface area contributed by atoms with Gasteiger partial charge in [0.25, 0.3) is 0 Å². The summed E-state index contributed by atoms with van der Waals surface area (Å²) in [5, 5.41) is 14.9. The number of fused-ring (bicyclic) bond motifs is 2. The van der Waals surface area contributed by atoms with Gasteiger partial charge >= 0.3 is 0 Å². The summed E-state index contributed by atoms with van der Waals surface area (Å²) < 4.78 is 1.98. The summed E-state index contributed by atoms with van der Waals surface area (Å²) in [5.74, 6) is 1.02. The monoisotopic (exact) mass is 250 g/mol. The molecule has 1 atom stereocenters. The standard InChI is InChI=1S/C12H18N4S/c1-2-6-11-13-14-12-16(11)15-9-7-4-3-5-8-10(9)17-12/h10H,2-8H2,1H3. The van der Waals surface area contributed by atoms with Gasteiger partial charge in [0.15, 0.2) is 5.82 Å². The van der Waals surface area contributed by atoms with Crippen molar-refractivity contribution in [2.75, 3.05) is 0 Å². The Morgan fingerprint density at radius 2 is 2.24 bits per heavy atom. The zero-order valence-electron chi connectivity index (χ0n) is 10.2. The maximum Gasteiger partial charge on any atom is 0.212 e. The highest BCUT2D eigenvalue weighted by molar-refractivity contribution is 8.00. The van der Waals surface area contributed by atoms with E-state index in [4.69, 9.17) is 5.10 Å². The minimum absolute atomic E-state index is 0.559.